The molecule has 0 bridgehead atoms. The van der Waals surface area contributed by atoms with Crippen LogP contribution in [0.4, 0.5) is 0 Å². The Kier molecular flexibility index (Phi) is 16.4. The molecule has 0 atom stereocenters. The molecule has 2 heterocycles. The number of phenolic OH excluding ortho intramolecular Hbond substituents is 2. The molecular weight excluding hydrogens is 745 g/mol. The molecule has 17 nitrogen and oxygen atoms in total. The smallest absolute Gasteiger partial charge is 0.249 e. The highest BCUT2D eigenvalue weighted by atomic mass is 32.2. The molecule has 0 saturated carbocycles. The van der Waals surface area contributed by atoms with Crippen molar-refractivity contribution in [3.05, 3.63) is 35.4 Å². The number of ether oxygens (including phenoxy) is 4. The lowest BCUT2D eigenvalue weighted by atomic mass is 9.98. The third-order valence-corrected chi connectivity index (χ3v) is 9.56. The standard InChI is InChI=1S/C19H29N3O6S.C15H21N3O4S.CH4O/c1-12(2)14-8-15(17(28-11-26-6)9-16(14)27-10-25-5)18-20-21-19(29(7,23)24)22(18)13(3)4;1-8(2)10-6-11(13(20)7-12(10)19)14-16-17-15(23(5,21)22)18(14)9(3)4;1-2/h8-9,12-13H,10-11H2,1-7H3;6-9,19-20H,1-5H3;2H,1H3. The number of benzene rings is 2. The molecule has 0 unspecified atom stereocenters. The van der Waals surface area contributed by atoms with Gasteiger partial charge in [0, 0.05) is 58.1 Å². The predicted molar refractivity (Wildman–Crippen MR) is 203 cm³/mol. The quantitative estimate of drug-likeness (QED) is 0.141. The fourth-order valence-corrected chi connectivity index (χ4v) is 6.97. The van der Waals surface area contributed by atoms with E-state index in [-0.39, 0.29) is 65.1 Å². The largest absolute Gasteiger partial charge is 0.508 e. The van der Waals surface area contributed by atoms with Crippen molar-refractivity contribution in [2.24, 2.45) is 0 Å². The first kappa shape index (κ1) is 45.9. The minimum Gasteiger partial charge on any atom is -0.508 e. The Morgan fingerprint density at radius 1 is 0.593 bits per heavy atom. The Morgan fingerprint density at radius 2 is 1.00 bits per heavy atom. The average Bonchev–Trinajstić information content (AvgIpc) is 3.74. The summed E-state index contributed by atoms with van der Waals surface area (Å²) >= 11 is 0. The number of methoxy groups -OCH3 is 2. The van der Waals surface area contributed by atoms with Crippen LogP contribution in [0.2, 0.25) is 0 Å². The number of rotatable bonds is 14. The van der Waals surface area contributed by atoms with Crippen molar-refractivity contribution >= 4 is 19.7 Å². The Bertz CT molecular complexity index is 2070. The summed E-state index contributed by atoms with van der Waals surface area (Å²) in [6, 6.07) is 6.07. The average molecular weight is 799 g/mol. The summed E-state index contributed by atoms with van der Waals surface area (Å²) in [5.74, 6) is 1.65. The van der Waals surface area contributed by atoms with Gasteiger partial charge in [0.25, 0.3) is 0 Å². The van der Waals surface area contributed by atoms with Crippen LogP contribution in [-0.4, -0.2) is 109 Å². The number of phenols is 2. The summed E-state index contributed by atoms with van der Waals surface area (Å²) in [4.78, 5) is 0. The first-order valence-corrected chi connectivity index (χ1v) is 20.7. The molecule has 3 N–H and O–H groups in total. The molecule has 0 fully saturated rings. The zero-order chi connectivity index (χ0) is 41.3. The van der Waals surface area contributed by atoms with Gasteiger partial charge in [-0.2, -0.15) is 0 Å². The number of nitrogens with zero attached hydrogens (tertiary/aromatic N) is 6. The summed E-state index contributed by atoms with van der Waals surface area (Å²) in [5, 5.41) is 42.7. The minimum atomic E-state index is -3.56. The van der Waals surface area contributed by atoms with E-state index < -0.39 is 19.7 Å². The second kappa shape index (κ2) is 19.3. The van der Waals surface area contributed by atoms with Gasteiger partial charge in [-0.3, -0.25) is 9.13 Å². The van der Waals surface area contributed by atoms with Crippen molar-refractivity contribution in [2.45, 2.75) is 89.6 Å². The molecule has 0 saturated heterocycles. The van der Waals surface area contributed by atoms with Gasteiger partial charge in [-0.25, -0.2) is 16.8 Å². The van der Waals surface area contributed by atoms with Gasteiger partial charge < -0.3 is 34.3 Å². The lowest BCUT2D eigenvalue weighted by Gasteiger charge is -2.20. The van der Waals surface area contributed by atoms with Crippen molar-refractivity contribution in [1.29, 1.82) is 0 Å². The maximum absolute atomic E-state index is 12.2. The van der Waals surface area contributed by atoms with Crippen LogP contribution in [-0.2, 0) is 29.1 Å². The SMILES string of the molecule is CC(C)c1cc(-c2nnc(S(C)(=O)=O)n2C(C)C)c(O)cc1O.CO.COCOc1cc(OCOC)c(C(C)C)cc1-c1nnc(S(C)(=O)=O)n1C(C)C. The molecule has 0 aliphatic heterocycles. The second-order valence-electron chi connectivity index (χ2n) is 13.3. The highest BCUT2D eigenvalue weighted by molar-refractivity contribution is 7.90. The Morgan fingerprint density at radius 3 is 1.39 bits per heavy atom. The summed E-state index contributed by atoms with van der Waals surface area (Å²) in [5.41, 5.74) is 2.48. The topological polar surface area (TPSA) is 227 Å². The van der Waals surface area contributed by atoms with Crippen LogP contribution in [0.25, 0.3) is 22.8 Å². The fraction of sp³-hybridized carbons (Fsp3) is 0.543. The first-order chi connectivity index (χ1) is 25.1. The lowest BCUT2D eigenvalue weighted by molar-refractivity contribution is 0.0457. The molecule has 2 aromatic heterocycles. The number of sulfone groups is 2. The van der Waals surface area contributed by atoms with Crippen molar-refractivity contribution in [2.75, 3.05) is 47.4 Å². The Labute approximate surface area is 317 Å². The summed E-state index contributed by atoms with van der Waals surface area (Å²) in [6.45, 7) is 15.3. The van der Waals surface area contributed by atoms with E-state index in [0.29, 0.717) is 34.0 Å². The third-order valence-electron chi connectivity index (χ3n) is 7.67. The summed E-state index contributed by atoms with van der Waals surface area (Å²) in [7, 11) is -3.05. The monoisotopic (exact) mass is 798 g/mol. The Hall–Kier alpha value is -4.30. The summed E-state index contributed by atoms with van der Waals surface area (Å²) in [6.07, 6.45) is 2.18. The van der Waals surface area contributed by atoms with E-state index in [1.807, 2.05) is 61.5 Å². The van der Waals surface area contributed by atoms with E-state index >= 15 is 0 Å². The van der Waals surface area contributed by atoms with Crippen LogP contribution in [0.3, 0.4) is 0 Å². The van der Waals surface area contributed by atoms with E-state index in [4.69, 9.17) is 24.1 Å². The third kappa shape index (κ3) is 10.9. The van der Waals surface area contributed by atoms with Crippen LogP contribution >= 0.6 is 0 Å². The molecule has 0 aliphatic rings. The number of aromatic hydroxyl groups is 2. The van der Waals surface area contributed by atoms with Crippen LogP contribution < -0.4 is 9.47 Å². The van der Waals surface area contributed by atoms with Gasteiger partial charge in [0.2, 0.25) is 30.0 Å². The van der Waals surface area contributed by atoms with Crippen molar-refractivity contribution < 1.29 is 51.1 Å². The van der Waals surface area contributed by atoms with Crippen molar-refractivity contribution in [1.82, 2.24) is 29.5 Å². The molecule has 0 aliphatic carbocycles. The van der Waals surface area contributed by atoms with Gasteiger partial charge in [0.1, 0.15) is 23.0 Å². The molecular formula is C35H54N6O11S2. The van der Waals surface area contributed by atoms with Crippen LogP contribution in [0.15, 0.2) is 34.6 Å². The summed E-state index contributed by atoms with van der Waals surface area (Å²) < 4.78 is 72.8. The number of hydrogen-bond donors (Lipinski definition) is 3. The van der Waals surface area contributed by atoms with E-state index in [1.54, 1.807) is 23.8 Å². The molecule has 0 radical (unpaired) electrons. The highest BCUT2D eigenvalue weighted by Gasteiger charge is 2.28. The predicted octanol–water partition coefficient (Wildman–Crippen LogP) is 5.09. The zero-order valence-corrected chi connectivity index (χ0v) is 34.8. The number of aliphatic hydroxyl groups excluding tert-OH is 1. The lowest BCUT2D eigenvalue weighted by Crippen LogP contribution is -2.13. The maximum atomic E-state index is 12.2. The van der Waals surface area contributed by atoms with E-state index in [9.17, 15) is 27.0 Å². The first-order valence-electron chi connectivity index (χ1n) is 16.9. The van der Waals surface area contributed by atoms with Gasteiger partial charge in [0.05, 0.1) is 11.1 Å². The molecule has 302 valence electrons. The normalized spacial score (nSPS) is 11.8. The second-order valence-corrected chi connectivity index (χ2v) is 17.1. The van der Waals surface area contributed by atoms with E-state index in [0.717, 1.165) is 25.2 Å². The molecule has 19 heteroatoms. The van der Waals surface area contributed by atoms with Gasteiger partial charge in [0.15, 0.2) is 25.2 Å². The van der Waals surface area contributed by atoms with Crippen LogP contribution in [0, 0.1) is 0 Å². The number of aromatic nitrogens is 6. The zero-order valence-electron chi connectivity index (χ0n) is 33.1. The fourth-order valence-electron chi connectivity index (χ4n) is 5.29. The molecule has 4 aromatic rings. The molecule has 4 rings (SSSR count). The van der Waals surface area contributed by atoms with Crippen molar-refractivity contribution in [3.63, 3.8) is 0 Å². The molecule has 54 heavy (non-hydrogen) atoms. The molecule has 0 spiro atoms. The van der Waals surface area contributed by atoms with Gasteiger partial charge in [-0.1, -0.05) is 27.7 Å². The number of aliphatic hydroxyl groups is 1. The van der Waals surface area contributed by atoms with Gasteiger partial charge in [-0.15, -0.1) is 20.4 Å². The number of hydrogen-bond acceptors (Lipinski definition) is 15. The van der Waals surface area contributed by atoms with Crippen LogP contribution in [0.1, 0.15) is 90.4 Å². The maximum Gasteiger partial charge on any atom is 0.249 e. The van der Waals surface area contributed by atoms with E-state index in [2.05, 4.69) is 20.4 Å². The van der Waals surface area contributed by atoms with Gasteiger partial charge >= 0.3 is 0 Å². The van der Waals surface area contributed by atoms with E-state index in [1.165, 1.54) is 17.7 Å². The highest BCUT2D eigenvalue weighted by Crippen LogP contribution is 2.41. The minimum absolute atomic E-state index is 0.00644. The Balaban J connectivity index is 0.000000365. The van der Waals surface area contributed by atoms with Crippen molar-refractivity contribution in [3.8, 4) is 45.8 Å². The van der Waals surface area contributed by atoms with Crippen LogP contribution in [0.5, 0.6) is 23.0 Å². The van der Waals surface area contributed by atoms with Gasteiger partial charge in [-0.05, 0) is 62.8 Å². The molecule has 2 aromatic carbocycles. The molecule has 0 amide bonds.